The summed E-state index contributed by atoms with van der Waals surface area (Å²) in [6.45, 7) is 6.57. The van der Waals surface area contributed by atoms with Gasteiger partial charge in [0.25, 0.3) is 11.8 Å². The lowest BCUT2D eigenvalue weighted by Crippen LogP contribution is -2.35. The van der Waals surface area contributed by atoms with Gasteiger partial charge in [-0.3, -0.25) is 14.5 Å². The molecule has 2 aromatic carbocycles. The minimum Gasteiger partial charge on any atom is -0.339 e. The van der Waals surface area contributed by atoms with Crippen LogP contribution in [0.4, 0.5) is 5.69 Å². The van der Waals surface area contributed by atoms with Gasteiger partial charge in [0.1, 0.15) is 5.70 Å². The van der Waals surface area contributed by atoms with Crippen molar-refractivity contribution < 1.29 is 9.59 Å². The van der Waals surface area contributed by atoms with E-state index in [9.17, 15) is 9.59 Å². The summed E-state index contributed by atoms with van der Waals surface area (Å²) in [7, 11) is 1.85. The minimum atomic E-state index is -0.215. The standard InChI is InChI=1S/C23H26N2O2/c1-5-6-14-25-22(26)20(18-13-12-16(2)17(3)15-18)21(23(25)27)24(4)19-10-8-7-9-11-19/h7-13,15H,5-6,14H2,1-4H3. The topological polar surface area (TPSA) is 40.6 Å². The first-order valence-corrected chi connectivity index (χ1v) is 9.42. The van der Waals surface area contributed by atoms with Gasteiger partial charge in [-0.25, -0.2) is 0 Å². The van der Waals surface area contributed by atoms with Crippen molar-refractivity contribution in [1.82, 2.24) is 4.90 Å². The van der Waals surface area contributed by atoms with Crippen molar-refractivity contribution in [2.24, 2.45) is 0 Å². The fourth-order valence-corrected chi connectivity index (χ4v) is 3.33. The van der Waals surface area contributed by atoms with Gasteiger partial charge < -0.3 is 4.90 Å². The Hall–Kier alpha value is -2.88. The lowest BCUT2D eigenvalue weighted by Gasteiger charge is -2.21. The van der Waals surface area contributed by atoms with E-state index in [1.54, 1.807) is 0 Å². The summed E-state index contributed by atoms with van der Waals surface area (Å²) >= 11 is 0. The van der Waals surface area contributed by atoms with Gasteiger partial charge in [0, 0.05) is 19.3 Å². The second-order valence-corrected chi connectivity index (χ2v) is 7.03. The Morgan fingerprint density at radius 3 is 2.26 bits per heavy atom. The average molecular weight is 362 g/mol. The molecule has 0 radical (unpaired) electrons. The van der Waals surface area contributed by atoms with Gasteiger partial charge in [-0.15, -0.1) is 0 Å². The lowest BCUT2D eigenvalue weighted by molar-refractivity contribution is -0.136. The molecule has 0 aliphatic carbocycles. The van der Waals surface area contributed by atoms with Crippen molar-refractivity contribution >= 4 is 23.1 Å². The van der Waals surface area contributed by atoms with Gasteiger partial charge in [-0.1, -0.05) is 49.7 Å². The van der Waals surface area contributed by atoms with E-state index in [0.717, 1.165) is 35.2 Å². The van der Waals surface area contributed by atoms with Crippen molar-refractivity contribution in [2.75, 3.05) is 18.5 Å². The van der Waals surface area contributed by atoms with E-state index < -0.39 is 0 Å². The summed E-state index contributed by atoms with van der Waals surface area (Å²) in [5.74, 6) is -0.414. The van der Waals surface area contributed by atoms with E-state index in [1.165, 1.54) is 4.90 Å². The summed E-state index contributed by atoms with van der Waals surface area (Å²) in [6.07, 6.45) is 1.74. The number of likely N-dealkylation sites (N-methyl/N-ethyl adjacent to an activating group) is 1. The second kappa shape index (κ2) is 7.78. The highest BCUT2D eigenvalue weighted by Crippen LogP contribution is 2.34. The van der Waals surface area contributed by atoms with E-state index in [0.29, 0.717) is 17.8 Å². The smallest absolute Gasteiger partial charge is 0.278 e. The minimum absolute atomic E-state index is 0.200. The number of carbonyl (C=O) groups is 2. The molecule has 1 aliphatic rings. The molecule has 0 fully saturated rings. The molecule has 2 amide bonds. The number of benzene rings is 2. The van der Waals surface area contributed by atoms with E-state index in [4.69, 9.17) is 0 Å². The van der Waals surface area contributed by atoms with E-state index in [2.05, 4.69) is 6.92 Å². The fraction of sp³-hybridized carbons (Fsp3) is 0.304. The number of unbranched alkanes of at least 4 members (excludes halogenated alkanes) is 1. The maximum atomic E-state index is 13.2. The largest absolute Gasteiger partial charge is 0.339 e. The van der Waals surface area contributed by atoms with Crippen molar-refractivity contribution in [3.63, 3.8) is 0 Å². The first-order chi connectivity index (χ1) is 13.0. The summed E-state index contributed by atoms with van der Waals surface area (Å²) in [6, 6.07) is 15.6. The molecule has 1 heterocycles. The average Bonchev–Trinajstić information content (AvgIpc) is 2.92. The van der Waals surface area contributed by atoms with Gasteiger partial charge in [0.05, 0.1) is 5.57 Å². The van der Waals surface area contributed by atoms with Crippen LogP contribution in [0.2, 0.25) is 0 Å². The van der Waals surface area contributed by atoms with Gasteiger partial charge in [-0.2, -0.15) is 0 Å². The second-order valence-electron chi connectivity index (χ2n) is 7.03. The van der Waals surface area contributed by atoms with Crippen LogP contribution in [0.5, 0.6) is 0 Å². The molecule has 27 heavy (non-hydrogen) atoms. The zero-order chi connectivity index (χ0) is 19.6. The van der Waals surface area contributed by atoms with Crippen LogP contribution in [0, 0.1) is 13.8 Å². The van der Waals surface area contributed by atoms with Crippen LogP contribution in [0.25, 0.3) is 5.57 Å². The van der Waals surface area contributed by atoms with Crippen LogP contribution in [0.1, 0.15) is 36.5 Å². The molecule has 0 aromatic heterocycles. The number of aryl methyl sites for hydroxylation is 2. The molecule has 4 nitrogen and oxygen atoms in total. The Labute approximate surface area is 161 Å². The van der Waals surface area contributed by atoms with Gasteiger partial charge in [0.15, 0.2) is 0 Å². The fourth-order valence-electron chi connectivity index (χ4n) is 3.33. The molecule has 0 bridgehead atoms. The van der Waals surface area contributed by atoms with Gasteiger partial charge in [-0.05, 0) is 49.1 Å². The number of amides is 2. The Morgan fingerprint density at radius 1 is 0.926 bits per heavy atom. The number of carbonyl (C=O) groups excluding carboxylic acids is 2. The first kappa shape index (κ1) is 18.9. The van der Waals surface area contributed by atoms with Crippen LogP contribution in [0.15, 0.2) is 54.2 Å². The van der Waals surface area contributed by atoms with Crippen molar-refractivity contribution in [3.05, 3.63) is 70.9 Å². The maximum Gasteiger partial charge on any atom is 0.278 e. The summed E-state index contributed by atoms with van der Waals surface area (Å²) < 4.78 is 0. The molecule has 0 saturated heterocycles. The molecule has 0 N–H and O–H groups in total. The van der Waals surface area contributed by atoms with Crippen LogP contribution in [-0.4, -0.2) is 30.3 Å². The molecule has 3 rings (SSSR count). The molecular weight excluding hydrogens is 336 g/mol. The zero-order valence-electron chi connectivity index (χ0n) is 16.5. The molecule has 4 heteroatoms. The molecule has 140 valence electrons. The van der Waals surface area contributed by atoms with Crippen LogP contribution >= 0.6 is 0 Å². The van der Waals surface area contributed by atoms with E-state index in [1.807, 2.05) is 74.3 Å². The highest BCUT2D eigenvalue weighted by Gasteiger charge is 2.40. The van der Waals surface area contributed by atoms with Crippen LogP contribution < -0.4 is 4.90 Å². The third-order valence-electron chi connectivity index (χ3n) is 5.15. The molecular formula is C23H26N2O2. The SMILES string of the molecule is CCCCN1C(=O)C(c2ccc(C)c(C)c2)=C(N(C)c2ccccc2)C1=O. The zero-order valence-corrected chi connectivity index (χ0v) is 16.5. The Balaban J connectivity index is 2.13. The highest BCUT2D eigenvalue weighted by molar-refractivity contribution is 6.36. The normalized spacial score (nSPS) is 14.3. The van der Waals surface area contributed by atoms with Gasteiger partial charge >= 0.3 is 0 Å². The van der Waals surface area contributed by atoms with Crippen LogP contribution in [-0.2, 0) is 9.59 Å². The first-order valence-electron chi connectivity index (χ1n) is 9.42. The number of imide groups is 1. The number of nitrogens with zero attached hydrogens (tertiary/aromatic N) is 2. The summed E-state index contributed by atoms with van der Waals surface area (Å²) in [5.41, 5.74) is 4.89. The van der Waals surface area contributed by atoms with Crippen molar-refractivity contribution in [2.45, 2.75) is 33.6 Å². The highest BCUT2D eigenvalue weighted by atomic mass is 16.2. The predicted octanol–water partition coefficient (Wildman–Crippen LogP) is 4.32. The van der Waals surface area contributed by atoms with Crippen molar-refractivity contribution in [1.29, 1.82) is 0 Å². The molecule has 0 unspecified atom stereocenters. The quantitative estimate of drug-likeness (QED) is 0.719. The third kappa shape index (κ3) is 3.52. The number of anilines is 1. The molecule has 1 aliphatic heterocycles. The molecule has 0 saturated carbocycles. The third-order valence-corrected chi connectivity index (χ3v) is 5.15. The maximum absolute atomic E-state index is 13.2. The monoisotopic (exact) mass is 362 g/mol. The molecule has 0 spiro atoms. The number of hydrogen-bond donors (Lipinski definition) is 0. The van der Waals surface area contributed by atoms with E-state index in [-0.39, 0.29) is 11.8 Å². The number of rotatable bonds is 6. The molecule has 2 aromatic rings. The Kier molecular flexibility index (Phi) is 5.45. The lowest BCUT2D eigenvalue weighted by atomic mass is 9.99. The van der Waals surface area contributed by atoms with Crippen LogP contribution in [0.3, 0.4) is 0 Å². The van der Waals surface area contributed by atoms with Crippen molar-refractivity contribution in [3.8, 4) is 0 Å². The van der Waals surface area contributed by atoms with E-state index >= 15 is 0 Å². The Bertz CT molecular complexity index is 900. The molecule has 0 atom stereocenters. The number of hydrogen-bond acceptors (Lipinski definition) is 3. The summed E-state index contributed by atoms with van der Waals surface area (Å²) in [4.78, 5) is 29.6. The predicted molar refractivity (Wildman–Crippen MR) is 109 cm³/mol. The van der Waals surface area contributed by atoms with Gasteiger partial charge in [0.2, 0.25) is 0 Å². The Morgan fingerprint density at radius 2 is 1.63 bits per heavy atom. The summed E-state index contributed by atoms with van der Waals surface area (Å²) in [5, 5.41) is 0. The number of para-hydroxylation sites is 1.